The molecule has 30 heavy (non-hydrogen) atoms. The molecule has 0 bridgehead atoms. The summed E-state index contributed by atoms with van der Waals surface area (Å²) >= 11 is 12.5. The van der Waals surface area contributed by atoms with Crippen molar-refractivity contribution in [2.75, 3.05) is 5.32 Å². The largest absolute Gasteiger partial charge is 0.351 e. The number of carbonyl (C=O) groups excluding carboxylic acids is 2. The van der Waals surface area contributed by atoms with Crippen molar-refractivity contribution < 1.29 is 14.0 Å². The van der Waals surface area contributed by atoms with E-state index in [0.29, 0.717) is 5.69 Å². The molecule has 1 fully saturated rings. The van der Waals surface area contributed by atoms with Gasteiger partial charge in [0.25, 0.3) is 0 Å². The standard InChI is InChI=1S/C22H24Cl2FN3O2/c1-22(10-2-3-11-22)20(18-16(25)9-8-15(23)19(18)24)28-17(29)12-13-4-6-14(7-5-13)27-21(26)30/h4-9,20H,2-3,10-12H2,1H3,(H,28,29)(H3,26,27,30)/t20-/m1/s1. The minimum Gasteiger partial charge on any atom is -0.351 e. The molecule has 0 heterocycles. The Bertz CT molecular complexity index is 944. The van der Waals surface area contributed by atoms with Crippen LogP contribution in [0.15, 0.2) is 36.4 Å². The van der Waals surface area contributed by atoms with Gasteiger partial charge in [-0.25, -0.2) is 9.18 Å². The summed E-state index contributed by atoms with van der Waals surface area (Å²) in [5.41, 5.74) is 6.30. The lowest BCUT2D eigenvalue weighted by Crippen LogP contribution is -2.39. The second-order valence-corrected chi connectivity index (χ2v) is 8.77. The predicted molar refractivity (Wildman–Crippen MR) is 117 cm³/mol. The Morgan fingerprint density at radius 2 is 1.77 bits per heavy atom. The zero-order valence-corrected chi connectivity index (χ0v) is 18.1. The summed E-state index contributed by atoms with van der Waals surface area (Å²) in [6, 6.07) is 8.23. The highest BCUT2D eigenvalue weighted by Gasteiger charge is 2.41. The van der Waals surface area contributed by atoms with Gasteiger partial charge in [0.1, 0.15) is 5.82 Å². The highest BCUT2D eigenvalue weighted by Crippen LogP contribution is 2.50. The fourth-order valence-corrected chi connectivity index (χ4v) is 4.55. The Hall–Kier alpha value is -2.31. The van der Waals surface area contributed by atoms with Crippen LogP contribution in [-0.2, 0) is 11.2 Å². The lowest BCUT2D eigenvalue weighted by Gasteiger charge is -2.36. The molecule has 3 rings (SSSR count). The summed E-state index contributed by atoms with van der Waals surface area (Å²) in [6.07, 6.45) is 3.83. The van der Waals surface area contributed by atoms with E-state index in [0.717, 1.165) is 31.2 Å². The Balaban J connectivity index is 1.83. The molecule has 160 valence electrons. The molecule has 2 aromatic rings. The van der Waals surface area contributed by atoms with Gasteiger partial charge in [0.05, 0.1) is 22.5 Å². The van der Waals surface area contributed by atoms with Gasteiger partial charge in [0, 0.05) is 11.3 Å². The average Bonchev–Trinajstić information content (AvgIpc) is 3.13. The molecule has 5 nitrogen and oxygen atoms in total. The van der Waals surface area contributed by atoms with Gasteiger partial charge >= 0.3 is 6.03 Å². The van der Waals surface area contributed by atoms with Gasteiger partial charge < -0.3 is 16.4 Å². The second kappa shape index (κ2) is 9.23. The van der Waals surface area contributed by atoms with Gasteiger partial charge in [0.2, 0.25) is 5.91 Å². The Kier molecular flexibility index (Phi) is 6.88. The number of hydrogen-bond acceptors (Lipinski definition) is 2. The first-order valence-corrected chi connectivity index (χ1v) is 10.5. The maximum atomic E-state index is 14.8. The lowest BCUT2D eigenvalue weighted by molar-refractivity contribution is -0.122. The molecule has 0 saturated heterocycles. The highest BCUT2D eigenvalue weighted by molar-refractivity contribution is 6.42. The third-order valence-electron chi connectivity index (χ3n) is 5.70. The van der Waals surface area contributed by atoms with E-state index in [1.165, 1.54) is 12.1 Å². The molecule has 4 N–H and O–H groups in total. The molecule has 1 saturated carbocycles. The molecule has 2 aromatic carbocycles. The molecule has 0 unspecified atom stereocenters. The van der Waals surface area contributed by atoms with Gasteiger partial charge in [-0.15, -0.1) is 0 Å². The van der Waals surface area contributed by atoms with Crippen LogP contribution in [0.3, 0.4) is 0 Å². The van der Waals surface area contributed by atoms with Crippen molar-refractivity contribution in [1.82, 2.24) is 5.32 Å². The molecule has 8 heteroatoms. The van der Waals surface area contributed by atoms with E-state index in [2.05, 4.69) is 10.6 Å². The van der Waals surface area contributed by atoms with Crippen molar-refractivity contribution >= 4 is 40.8 Å². The van der Waals surface area contributed by atoms with Crippen LogP contribution in [0.25, 0.3) is 0 Å². The number of halogens is 3. The van der Waals surface area contributed by atoms with Crippen molar-refractivity contribution in [3.63, 3.8) is 0 Å². The Labute approximate surface area is 185 Å². The summed E-state index contributed by atoms with van der Waals surface area (Å²) in [5.74, 6) is -0.733. The molecule has 0 aliphatic heterocycles. The summed E-state index contributed by atoms with van der Waals surface area (Å²) < 4.78 is 14.8. The molecule has 1 aliphatic rings. The van der Waals surface area contributed by atoms with Crippen molar-refractivity contribution in [3.8, 4) is 0 Å². The summed E-state index contributed by atoms with van der Waals surface area (Å²) in [7, 11) is 0. The third kappa shape index (κ3) is 5.05. The topological polar surface area (TPSA) is 84.2 Å². The van der Waals surface area contributed by atoms with Gasteiger partial charge in [-0.3, -0.25) is 4.79 Å². The van der Waals surface area contributed by atoms with Crippen LogP contribution in [0.4, 0.5) is 14.9 Å². The Morgan fingerprint density at radius 1 is 1.13 bits per heavy atom. The van der Waals surface area contributed by atoms with Crippen molar-refractivity contribution in [1.29, 1.82) is 0 Å². The van der Waals surface area contributed by atoms with E-state index in [9.17, 15) is 14.0 Å². The molecule has 0 spiro atoms. The van der Waals surface area contributed by atoms with Crippen LogP contribution in [0, 0.1) is 11.2 Å². The number of primary amides is 1. The maximum absolute atomic E-state index is 14.8. The first kappa shape index (κ1) is 22.4. The Morgan fingerprint density at radius 3 is 2.37 bits per heavy atom. The van der Waals surface area contributed by atoms with Crippen LogP contribution < -0.4 is 16.4 Å². The zero-order chi connectivity index (χ0) is 21.9. The fourth-order valence-electron chi connectivity index (χ4n) is 4.12. The number of amides is 3. The lowest BCUT2D eigenvalue weighted by atomic mass is 9.77. The molecule has 0 aromatic heterocycles. The molecule has 0 radical (unpaired) electrons. The van der Waals surface area contributed by atoms with E-state index in [1.807, 2.05) is 6.92 Å². The first-order chi connectivity index (χ1) is 14.2. The predicted octanol–water partition coefficient (Wildman–Crippen LogP) is 5.60. The SMILES string of the molecule is CC1([C@H](NC(=O)Cc2ccc(NC(N)=O)cc2)c2c(F)ccc(Cl)c2Cl)CCCC1. The quantitative estimate of drug-likeness (QED) is 0.499. The third-order valence-corrected chi connectivity index (χ3v) is 6.52. The fraction of sp³-hybridized carbons (Fsp3) is 0.364. The molecular weight excluding hydrogens is 428 g/mol. The van der Waals surface area contributed by atoms with Crippen molar-refractivity contribution in [2.45, 2.75) is 45.1 Å². The highest BCUT2D eigenvalue weighted by atomic mass is 35.5. The van der Waals surface area contributed by atoms with Gasteiger partial charge in [-0.2, -0.15) is 0 Å². The first-order valence-electron chi connectivity index (χ1n) is 9.78. The van der Waals surface area contributed by atoms with Gasteiger partial charge in [-0.05, 0) is 48.1 Å². The normalized spacial score (nSPS) is 16.1. The number of urea groups is 1. The number of anilines is 1. The summed E-state index contributed by atoms with van der Waals surface area (Å²) in [6.45, 7) is 2.05. The van der Waals surface area contributed by atoms with E-state index in [4.69, 9.17) is 28.9 Å². The van der Waals surface area contributed by atoms with Crippen molar-refractivity contribution in [2.24, 2.45) is 11.1 Å². The zero-order valence-electron chi connectivity index (χ0n) is 16.6. The molecule has 1 atom stereocenters. The number of hydrogen-bond donors (Lipinski definition) is 3. The van der Waals surface area contributed by atoms with E-state index in [1.54, 1.807) is 24.3 Å². The number of benzene rings is 2. The monoisotopic (exact) mass is 451 g/mol. The maximum Gasteiger partial charge on any atom is 0.316 e. The minimum atomic E-state index is -0.659. The van der Waals surface area contributed by atoms with E-state index >= 15 is 0 Å². The van der Waals surface area contributed by atoms with E-state index in [-0.39, 0.29) is 33.4 Å². The van der Waals surface area contributed by atoms with Crippen LogP contribution in [0.5, 0.6) is 0 Å². The summed E-state index contributed by atoms with van der Waals surface area (Å²) in [4.78, 5) is 23.8. The second-order valence-electron chi connectivity index (χ2n) is 7.98. The smallest absolute Gasteiger partial charge is 0.316 e. The van der Waals surface area contributed by atoms with Crippen LogP contribution in [0.2, 0.25) is 10.0 Å². The van der Waals surface area contributed by atoms with Crippen molar-refractivity contribution in [3.05, 3.63) is 63.4 Å². The molecule has 3 amide bonds. The van der Waals surface area contributed by atoms with Crippen LogP contribution >= 0.6 is 23.2 Å². The number of nitrogens with one attached hydrogen (secondary N) is 2. The van der Waals surface area contributed by atoms with Gasteiger partial charge in [0.15, 0.2) is 0 Å². The minimum absolute atomic E-state index is 0.100. The molecular formula is C22H24Cl2FN3O2. The van der Waals surface area contributed by atoms with Gasteiger partial charge in [-0.1, -0.05) is 55.1 Å². The number of nitrogens with two attached hydrogens (primary N) is 1. The number of rotatable bonds is 6. The van der Waals surface area contributed by atoms with Crippen LogP contribution in [-0.4, -0.2) is 11.9 Å². The van der Waals surface area contributed by atoms with Crippen LogP contribution in [0.1, 0.15) is 49.8 Å². The molecule has 1 aliphatic carbocycles. The summed E-state index contributed by atoms with van der Waals surface area (Å²) in [5, 5.41) is 5.87. The average molecular weight is 452 g/mol. The number of carbonyl (C=O) groups is 2. The van der Waals surface area contributed by atoms with E-state index < -0.39 is 17.9 Å².